The number of nitrogens with zero attached hydrogens (tertiary/aromatic N) is 2. The molecule has 3 rings (SSSR count). The first-order valence-electron chi connectivity index (χ1n) is 5.98. The van der Waals surface area contributed by atoms with Crippen LogP contribution < -0.4 is 4.74 Å². The summed E-state index contributed by atoms with van der Waals surface area (Å²) in [5.41, 5.74) is 0. The zero-order valence-electron chi connectivity index (χ0n) is 10.8. The Bertz CT molecular complexity index is 679. The van der Waals surface area contributed by atoms with Gasteiger partial charge in [0, 0.05) is 4.90 Å². The molecular formula is C14H12N2O3S. The summed E-state index contributed by atoms with van der Waals surface area (Å²) in [7, 11) is 1.65. The van der Waals surface area contributed by atoms with Gasteiger partial charge in [0.05, 0.1) is 19.1 Å². The second-order valence-electron chi connectivity index (χ2n) is 3.96. The van der Waals surface area contributed by atoms with E-state index in [-0.39, 0.29) is 0 Å². The molecular weight excluding hydrogens is 276 g/mol. The van der Waals surface area contributed by atoms with Crippen LogP contribution in [0.3, 0.4) is 0 Å². The maximum Gasteiger partial charge on any atom is 0.238 e. The Labute approximate surface area is 119 Å². The van der Waals surface area contributed by atoms with E-state index in [2.05, 4.69) is 10.1 Å². The van der Waals surface area contributed by atoms with Crippen LogP contribution in [0.2, 0.25) is 0 Å². The number of aromatic nitrogens is 2. The Balaban J connectivity index is 1.66. The van der Waals surface area contributed by atoms with Gasteiger partial charge in [-0.05, 0) is 30.3 Å². The van der Waals surface area contributed by atoms with E-state index in [0.29, 0.717) is 23.2 Å². The van der Waals surface area contributed by atoms with Crippen LogP contribution >= 0.6 is 11.8 Å². The monoisotopic (exact) mass is 288 g/mol. The first kappa shape index (κ1) is 12.8. The van der Waals surface area contributed by atoms with Crippen molar-refractivity contribution in [2.75, 3.05) is 7.11 Å². The molecule has 0 amide bonds. The second-order valence-corrected chi connectivity index (χ2v) is 5.01. The van der Waals surface area contributed by atoms with E-state index in [1.54, 1.807) is 37.3 Å². The molecule has 20 heavy (non-hydrogen) atoms. The molecule has 1 aromatic carbocycles. The molecule has 0 aliphatic rings. The highest BCUT2D eigenvalue weighted by atomic mass is 32.2. The minimum atomic E-state index is 0.469. The van der Waals surface area contributed by atoms with E-state index >= 15 is 0 Å². The normalized spacial score (nSPS) is 10.7. The van der Waals surface area contributed by atoms with Gasteiger partial charge in [0.1, 0.15) is 5.75 Å². The van der Waals surface area contributed by atoms with Crippen molar-refractivity contribution < 1.29 is 13.7 Å². The SMILES string of the molecule is COc1cccc(SCc2nc(-c3ccco3)no2)c1. The fraction of sp³-hybridized carbons (Fsp3) is 0.143. The first-order chi connectivity index (χ1) is 9.85. The van der Waals surface area contributed by atoms with Crippen molar-refractivity contribution in [3.8, 4) is 17.3 Å². The molecule has 0 unspecified atom stereocenters. The number of furan rings is 1. The standard InChI is InChI=1S/C14H12N2O3S/c1-17-10-4-2-5-11(8-10)20-9-13-15-14(16-19-13)12-6-3-7-18-12/h2-8H,9H2,1H3. The fourth-order valence-corrected chi connectivity index (χ4v) is 2.44. The molecule has 6 heteroatoms. The third kappa shape index (κ3) is 2.85. The van der Waals surface area contributed by atoms with Gasteiger partial charge in [-0.2, -0.15) is 4.98 Å². The molecule has 0 bridgehead atoms. The third-order valence-electron chi connectivity index (χ3n) is 2.61. The Kier molecular flexibility index (Phi) is 3.73. The topological polar surface area (TPSA) is 61.3 Å². The van der Waals surface area contributed by atoms with Crippen LogP contribution in [0.4, 0.5) is 0 Å². The summed E-state index contributed by atoms with van der Waals surface area (Å²) in [5, 5.41) is 3.89. The second kappa shape index (κ2) is 5.83. The van der Waals surface area contributed by atoms with Crippen molar-refractivity contribution in [1.29, 1.82) is 0 Å². The van der Waals surface area contributed by atoms with E-state index in [9.17, 15) is 0 Å². The van der Waals surface area contributed by atoms with E-state index in [1.165, 1.54) is 0 Å². The summed E-state index contributed by atoms with van der Waals surface area (Å²) in [6.07, 6.45) is 1.58. The number of hydrogen-bond acceptors (Lipinski definition) is 6. The molecule has 102 valence electrons. The summed E-state index contributed by atoms with van der Waals surface area (Å²) in [6, 6.07) is 11.4. The van der Waals surface area contributed by atoms with Crippen molar-refractivity contribution in [3.05, 3.63) is 48.6 Å². The zero-order chi connectivity index (χ0) is 13.8. The molecule has 0 saturated carbocycles. The van der Waals surface area contributed by atoms with Crippen LogP contribution in [0.5, 0.6) is 5.75 Å². The number of hydrogen-bond donors (Lipinski definition) is 0. The van der Waals surface area contributed by atoms with Crippen LogP contribution in [0.25, 0.3) is 11.6 Å². The van der Waals surface area contributed by atoms with Crippen LogP contribution in [-0.4, -0.2) is 17.3 Å². The highest BCUT2D eigenvalue weighted by Crippen LogP contribution is 2.26. The molecule has 0 atom stereocenters. The smallest absolute Gasteiger partial charge is 0.238 e. The van der Waals surface area contributed by atoms with Gasteiger partial charge < -0.3 is 13.7 Å². The summed E-state index contributed by atoms with van der Waals surface area (Å²) in [4.78, 5) is 5.37. The molecule has 0 radical (unpaired) electrons. The molecule has 0 aliphatic heterocycles. The van der Waals surface area contributed by atoms with Gasteiger partial charge >= 0.3 is 0 Å². The predicted octanol–water partition coefficient (Wildman–Crippen LogP) is 3.63. The van der Waals surface area contributed by atoms with Gasteiger partial charge in [0.15, 0.2) is 5.76 Å². The Morgan fingerprint density at radius 3 is 3.00 bits per heavy atom. The lowest BCUT2D eigenvalue weighted by Crippen LogP contribution is -1.84. The van der Waals surface area contributed by atoms with Crippen molar-refractivity contribution in [2.24, 2.45) is 0 Å². The molecule has 3 aromatic rings. The third-order valence-corrected chi connectivity index (χ3v) is 3.59. The molecule has 5 nitrogen and oxygen atoms in total. The zero-order valence-corrected chi connectivity index (χ0v) is 11.6. The van der Waals surface area contributed by atoms with Gasteiger partial charge in [0.2, 0.25) is 11.7 Å². The van der Waals surface area contributed by atoms with Gasteiger partial charge in [0.25, 0.3) is 0 Å². The molecule has 2 heterocycles. The predicted molar refractivity (Wildman–Crippen MR) is 74.6 cm³/mol. The highest BCUT2D eigenvalue weighted by molar-refractivity contribution is 7.98. The average Bonchev–Trinajstić information content (AvgIpc) is 3.16. The fourth-order valence-electron chi connectivity index (χ4n) is 1.66. The van der Waals surface area contributed by atoms with Gasteiger partial charge in [-0.15, -0.1) is 11.8 Å². The number of ether oxygens (including phenoxy) is 1. The van der Waals surface area contributed by atoms with Crippen LogP contribution in [0, 0.1) is 0 Å². The molecule has 0 spiro atoms. The van der Waals surface area contributed by atoms with Crippen molar-refractivity contribution in [1.82, 2.24) is 10.1 Å². The van der Waals surface area contributed by atoms with Crippen molar-refractivity contribution in [3.63, 3.8) is 0 Å². The van der Waals surface area contributed by atoms with E-state index in [0.717, 1.165) is 10.6 Å². The quantitative estimate of drug-likeness (QED) is 0.668. The molecule has 0 saturated heterocycles. The largest absolute Gasteiger partial charge is 0.497 e. The van der Waals surface area contributed by atoms with Gasteiger partial charge in [-0.1, -0.05) is 11.2 Å². The molecule has 0 N–H and O–H groups in total. The van der Waals surface area contributed by atoms with E-state index in [4.69, 9.17) is 13.7 Å². The minimum absolute atomic E-state index is 0.469. The summed E-state index contributed by atoms with van der Waals surface area (Å²) < 4.78 is 15.6. The maximum absolute atomic E-state index is 5.22. The van der Waals surface area contributed by atoms with Crippen molar-refractivity contribution >= 4 is 11.8 Å². The molecule has 0 fully saturated rings. The number of benzene rings is 1. The van der Waals surface area contributed by atoms with Crippen LogP contribution in [0.1, 0.15) is 5.89 Å². The summed E-state index contributed by atoms with van der Waals surface area (Å²) in [6.45, 7) is 0. The Morgan fingerprint density at radius 2 is 2.20 bits per heavy atom. The number of rotatable bonds is 5. The highest BCUT2D eigenvalue weighted by Gasteiger charge is 2.11. The first-order valence-corrected chi connectivity index (χ1v) is 6.97. The van der Waals surface area contributed by atoms with Gasteiger partial charge in [-0.3, -0.25) is 0 Å². The van der Waals surface area contributed by atoms with Crippen molar-refractivity contribution in [2.45, 2.75) is 10.6 Å². The van der Waals surface area contributed by atoms with Crippen LogP contribution in [-0.2, 0) is 5.75 Å². The Morgan fingerprint density at radius 1 is 1.25 bits per heavy atom. The average molecular weight is 288 g/mol. The lowest BCUT2D eigenvalue weighted by molar-refractivity contribution is 0.390. The lowest BCUT2D eigenvalue weighted by Gasteiger charge is -2.02. The molecule has 0 aliphatic carbocycles. The maximum atomic E-state index is 5.22. The Hall–Kier alpha value is -2.21. The summed E-state index contributed by atoms with van der Waals surface area (Å²) in [5.74, 6) is 3.06. The number of thioether (sulfide) groups is 1. The number of methoxy groups -OCH3 is 1. The summed E-state index contributed by atoms with van der Waals surface area (Å²) >= 11 is 1.61. The lowest BCUT2D eigenvalue weighted by atomic mass is 10.3. The van der Waals surface area contributed by atoms with Crippen LogP contribution in [0.15, 0.2) is 56.5 Å². The van der Waals surface area contributed by atoms with E-state index < -0.39 is 0 Å². The minimum Gasteiger partial charge on any atom is -0.497 e. The van der Waals surface area contributed by atoms with Gasteiger partial charge in [-0.25, -0.2) is 0 Å². The van der Waals surface area contributed by atoms with E-state index in [1.807, 2.05) is 24.3 Å². The molecule has 2 aromatic heterocycles.